The number of hydrogen-bond donors (Lipinski definition) is 0. The van der Waals surface area contributed by atoms with E-state index >= 15 is 0 Å². The lowest BCUT2D eigenvalue weighted by molar-refractivity contribution is 0.102. The highest BCUT2D eigenvalue weighted by Gasteiger charge is 2.18. The summed E-state index contributed by atoms with van der Waals surface area (Å²) in [6, 6.07) is 0. The number of anilines is 1. The molecule has 0 spiro atoms. The van der Waals surface area contributed by atoms with Crippen molar-refractivity contribution in [3.8, 4) is 0 Å². The van der Waals surface area contributed by atoms with Crippen molar-refractivity contribution >= 4 is 22.3 Å². The fourth-order valence-electron chi connectivity index (χ4n) is 1.96. The third kappa shape index (κ3) is 4.09. The standard InChI is InChI=1S/C14H24N2OS/c1-9(2)7-16(8-10(3)4)14-15-11(5)13(18-14)12(6)17/h9-10H,7-8H2,1-6H3. The number of hydrogen-bond acceptors (Lipinski definition) is 4. The van der Waals surface area contributed by atoms with E-state index in [1.807, 2.05) is 6.92 Å². The first kappa shape index (κ1) is 15.2. The van der Waals surface area contributed by atoms with Crippen molar-refractivity contribution in [3.05, 3.63) is 10.6 Å². The fraction of sp³-hybridized carbons (Fsp3) is 0.714. The molecule has 4 heteroatoms. The normalized spacial score (nSPS) is 11.3. The minimum absolute atomic E-state index is 0.116. The maximum atomic E-state index is 11.5. The lowest BCUT2D eigenvalue weighted by Crippen LogP contribution is -2.31. The molecule has 0 aliphatic heterocycles. The summed E-state index contributed by atoms with van der Waals surface area (Å²) < 4.78 is 0. The minimum Gasteiger partial charge on any atom is -0.348 e. The van der Waals surface area contributed by atoms with Crippen molar-refractivity contribution < 1.29 is 4.79 Å². The summed E-state index contributed by atoms with van der Waals surface area (Å²) in [4.78, 5) is 19.2. The van der Waals surface area contributed by atoms with Crippen LogP contribution in [0.5, 0.6) is 0 Å². The van der Waals surface area contributed by atoms with Gasteiger partial charge in [-0.3, -0.25) is 4.79 Å². The number of Topliss-reactive ketones (excluding diaryl/α,β-unsaturated/α-hetero) is 1. The van der Waals surface area contributed by atoms with Crippen LogP contribution in [0.2, 0.25) is 0 Å². The highest BCUT2D eigenvalue weighted by atomic mass is 32.1. The molecule has 0 amide bonds. The van der Waals surface area contributed by atoms with Gasteiger partial charge in [0.2, 0.25) is 0 Å². The summed E-state index contributed by atoms with van der Waals surface area (Å²) in [7, 11) is 0. The Bertz CT molecular complexity index is 400. The Kier molecular flexibility index (Phi) is 5.32. The second-order valence-electron chi connectivity index (χ2n) is 5.66. The van der Waals surface area contributed by atoms with Crippen molar-refractivity contribution in [2.75, 3.05) is 18.0 Å². The van der Waals surface area contributed by atoms with Gasteiger partial charge in [-0.05, 0) is 18.8 Å². The van der Waals surface area contributed by atoms with Crippen molar-refractivity contribution in [1.29, 1.82) is 0 Å². The quantitative estimate of drug-likeness (QED) is 0.736. The molecule has 102 valence electrons. The lowest BCUT2D eigenvalue weighted by atomic mass is 10.1. The number of aromatic nitrogens is 1. The Morgan fingerprint density at radius 3 is 2.06 bits per heavy atom. The number of nitrogens with zero attached hydrogens (tertiary/aromatic N) is 2. The molecule has 0 aliphatic carbocycles. The van der Waals surface area contributed by atoms with E-state index in [0.717, 1.165) is 28.8 Å². The molecule has 0 bridgehead atoms. The van der Waals surface area contributed by atoms with Gasteiger partial charge in [0.25, 0.3) is 0 Å². The Morgan fingerprint density at radius 2 is 1.72 bits per heavy atom. The number of aryl methyl sites for hydroxylation is 1. The predicted octanol–water partition coefficient (Wildman–Crippen LogP) is 3.77. The average molecular weight is 268 g/mol. The average Bonchev–Trinajstić information content (AvgIpc) is 2.57. The second-order valence-corrected chi connectivity index (χ2v) is 6.64. The van der Waals surface area contributed by atoms with Crippen molar-refractivity contribution in [2.45, 2.75) is 41.5 Å². The zero-order valence-corrected chi connectivity index (χ0v) is 13.1. The van der Waals surface area contributed by atoms with Gasteiger partial charge in [0.05, 0.1) is 10.6 Å². The Hall–Kier alpha value is -0.900. The van der Waals surface area contributed by atoms with Crippen LogP contribution in [0.3, 0.4) is 0 Å². The lowest BCUT2D eigenvalue weighted by Gasteiger charge is -2.25. The van der Waals surface area contributed by atoms with Crippen molar-refractivity contribution in [3.63, 3.8) is 0 Å². The van der Waals surface area contributed by atoms with Gasteiger partial charge in [-0.25, -0.2) is 4.98 Å². The van der Waals surface area contributed by atoms with E-state index in [1.165, 1.54) is 11.3 Å². The van der Waals surface area contributed by atoms with Crippen LogP contribution < -0.4 is 4.90 Å². The van der Waals surface area contributed by atoms with Crippen molar-refractivity contribution in [1.82, 2.24) is 4.98 Å². The van der Waals surface area contributed by atoms with Gasteiger partial charge in [-0.2, -0.15) is 0 Å². The second kappa shape index (κ2) is 6.32. The number of rotatable bonds is 6. The van der Waals surface area contributed by atoms with Crippen LogP contribution in [0.25, 0.3) is 0 Å². The molecule has 1 heterocycles. The van der Waals surface area contributed by atoms with E-state index in [2.05, 4.69) is 37.6 Å². The van der Waals surface area contributed by atoms with E-state index in [0.29, 0.717) is 11.8 Å². The highest BCUT2D eigenvalue weighted by molar-refractivity contribution is 7.17. The maximum absolute atomic E-state index is 11.5. The third-order valence-corrected chi connectivity index (χ3v) is 3.87. The highest BCUT2D eigenvalue weighted by Crippen LogP contribution is 2.27. The van der Waals surface area contributed by atoms with Crippen LogP contribution in [-0.4, -0.2) is 23.9 Å². The van der Waals surface area contributed by atoms with Crippen LogP contribution in [0, 0.1) is 18.8 Å². The van der Waals surface area contributed by atoms with Gasteiger partial charge < -0.3 is 4.90 Å². The zero-order valence-electron chi connectivity index (χ0n) is 12.3. The van der Waals surface area contributed by atoms with Crippen LogP contribution in [0.1, 0.15) is 50.0 Å². The molecule has 0 atom stereocenters. The van der Waals surface area contributed by atoms with Crippen LogP contribution in [0.15, 0.2) is 0 Å². The molecule has 1 rings (SSSR count). The van der Waals surface area contributed by atoms with Gasteiger partial charge in [0, 0.05) is 20.0 Å². The van der Waals surface area contributed by atoms with Gasteiger partial charge in [-0.1, -0.05) is 39.0 Å². The summed E-state index contributed by atoms with van der Waals surface area (Å²) >= 11 is 1.52. The molecule has 0 radical (unpaired) electrons. The molecule has 0 saturated heterocycles. The van der Waals surface area contributed by atoms with E-state index < -0.39 is 0 Å². The predicted molar refractivity (Wildman–Crippen MR) is 78.7 cm³/mol. The molecule has 0 aromatic carbocycles. The molecule has 0 aliphatic rings. The fourth-order valence-corrected chi connectivity index (χ4v) is 2.94. The van der Waals surface area contributed by atoms with Gasteiger partial charge in [-0.15, -0.1) is 0 Å². The SMILES string of the molecule is CC(=O)c1sc(N(CC(C)C)CC(C)C)nc1C. The van der Waals surface area contributed by atoms with Crippen LogP contribution in [-0.2, 0) is 0 Å². The maximum Gasteiger partial charge on any atom is 0.186 e. The molecule has 0 saturated carbocycles. The molecule has 0 fully saturated rings. The first-order valence-corrected chi connectivity index (χ1v) is 7.36. The Morgan fingerprint density at radius 1 is 1.22 bits per heavy atom. The topological polar surface area (TPSA) is 33.2 Å². The summed E-state index contributed by atoms with van der Waals surface area (Å²) in [5.74, 6) is 1.30. The summed E-state index contributed by atoms with van der Waals surface area (Å²) in [5.41, 5.74) is 0.861. The minimum atomic E-state index is 0.116. The number of carbonyl (C=O) groups is 1. The molecule has 1 aromatic rings. The molecular formula is C14H24N2OS. The number of carbonyl (C=O) groups excluding carboxylic acids is 1. The van der Waals surface area contributed by atoms with E-state index in [4.69, 9.17) is 0 Å². The first-order chi connectivity index (χ1) is 8.31. The van der Waals surface area contributed by atoms with Gasteiger partial charge in [0.15, 0.2) is 10.9 Å². The number of ketones is 1. The smallest absolute Gasteiger partial charge is 0.186 e. The summed E-state index contributed by atoms with van der Waals surface area (Å²) in [6.45, 7) is 14.3. The Balaban J connectivity index is 2.97. The molecule has 0 unspecified atom stereocenters. The summed E-state index contributed by atoms with van der Waals surface area (Å²) in [6.07, 6.45) is 0. The van der Waals surface area contributed by atoms with Crippen molar-refractivity contribution in [2.24, 2.45) is 11.8 Å². The van der Waals surface area contributed by atoms with E-state index in [1.54, 1.807) is 6.92 Å². The van der Waals surface area contributed by atoms with E-state index in [9.17, 15) is 4.79 Å². The first-order valence-electron chi connectivity index (χ1n) is 6.54. The third-order valence-electron chi connectivity index (χ3n) is 2.55. The Labute approximate surface area is 114 Å². The monoisotopic (exact) mass is 268 g/mol. The van der Waals surface area contributed by atoms with Crippen LogP contribution in [0.4, 0.5) is 5.13 Å². The van der Waals surface area contributed by atoms with Crippen LogP contribution >= 0.6 is 11.3 Å². The molecule has 0 N–H and O–H groups in total. The summed E-state index contributed by atoms with van der Waals surface area (Å²) in [5, 5.41) is 0.986. The van der Waals surface area contributed by atoms with E-state index in [-0.39, 0.29) is 5.78 Å². The van der Waals surface area contributed by atoms with Gasteiger partial charge >= 0.3 is 0 Å². The van der Waals surface area contributed by atoms with Gasteiger partial charge in [0.1, 0.15) is 0 Å². The molecular weight excluding hydrogens is 244 g/mol. The largest absolute Gasteiger partial charge is 0.348 e. The molecule has 18 heavy (non-hydrogen) atoms. The zero-order chi connectivity index (χ0) is 13.9. The molecule has 3 nitrogen and oxygen atoms in total. The number of thiazole rings is 1. The molecule has 1 aromatic heterocycles.